The zero-order valence-electron chi connectivity index (χ0n) is 15.2. The van der Waals surface area contributed by atoms with Crippen LogP contribution in [-0.2, 0) is 14.8 Å². The summed E-state index contributed by atoms with van der Waals surface area (Å²) in [5.74, 6) is -1.62. The summed E-state index contributed by atoms with van der Waals surface area (Å²) in [6.07, 6.45) is 2.42. The predicted molar refractivity (Wildman–Crippen MR) is 100 cm³/mol. The summed E-state index contributed by atoms with van der Waals surface area (Å²) in [5, 5.41) is 3.18. The largest absolute Gasteiger partial charge is 0.365 e. The molecular weight excluding hydrogens is 390 g/mol. The molecule has 2 aromatic rings. The molecule has 0 aliphatic carbocycles. The quantitative estimate of drug-likeness (QED) is 0.764. The summed E-state index contributed by atoms with van der Waals surface area (Å²) < 4.78 is 53.1. The van der Waals surface area contributed by atoms with Gasteiger partial charge in [-0.15, -0.1) is 0 Å². The maximum absolute atomic E-state index is 13.2. The van der Waals surface area contributed by atoms with E-state index in [1.165, 1.54) is 18.3 Å². The van der Waals surface area contributed by atoms with Gasteiger partial charge >= 0.3 is 0 Å². The fourth-order valence-electron chi connectivity index (χ4n) is 2.94. The fraction of sp³-hybridized carbons (Fsp3) is 0.333. The van der Waals surface area contributed by atoms with Crippen LogP contribution in [0.1, 0.15) is 19.8 Å². The van der Waals surface area contributed by atoms with Crippen LogP contribution in [0, 0.1) is 11.6 Å². The molecule has 1 atom stereocenters. The number of halogens is 2. The number of carbonyl (C=O) groups excluding carboxylic acids is 1. The van der Waals surface area contributed by atoms with Crippen LogP contribution < -0.4 is 10.0 Å². The minimum Gasteiger partial charge on any atom is -0.365 e. The lowest BCUT2D eigenvalue weighted by atomic mass is 10.2. The van der Waals surface area contributed by atoms with Gasteiger partial charge in [0, 0.05) is 37.8 Å². The number of carbonyl (C=O) groups is 1. The molecule has 1 unspecified atom stereocenters. The first-order chi connectivity index (χ1) is 13.3. The van der Waals surface area contributed by atoms with E-state index in [1.807, 2.05) is 6.92 Å². The van der Waals surface area contributed by atoms with Crippen LogP contribution in [0.3, 0.4) is 0 Å². The van der Waals surface area contributed by atoms with Crippen molar-refractivity contribution in [2.45, 2.75) is 30.7 Å². The molecule has 1 amide bonds. The third-order valence-electron chi connectivity index (χ3n) is 4.41. The zero-order valence-corrected chi connectivity index (χ0v) is 16.0. The van der Waals surface area contributed by atoms with Crippen LogP contribution in [0.4, 0.5) is 20.3 Å². The van der Waals surface area contributed by atoms with Gasteiger partial charge in [-0.1, -0.05) is 6.92 Å². The zero-order chi connectivity index (χ0) is 20.3. The third kappa shape index (κ3) is 4.56. The van der Waals surface area contributed by atoms with Gasteiger partial charge in [0.25, 0.3) is 10.0 Å². The Balaban J connectivity index is 1.65. The maximum Gasteiger partial charge on any atom is 0.263 e. The van der Waals surface area contributed by atoms with Crippen LogP contribution in [-0.4, -0.2) is 43.3 Å². The Bertz CT molecular complexity index is 967. The van der Waals surface area contributed by atoms with E-state index in [2.05, 4.69) is 15.0 Å². The number of hydrogen-bond acceptors (Lipinski definition) is 5. The Kier molecular flexibility index (Phi) is 5.78. The Morgan fingerprint density at radius 2 is 2.04 bits per heavy atom. The molecule has 28 heavy (non-hydrogen) atoms. The maximum atomic E-state index is 13.2. The lowest BCUT2D eigenvalue weighted by Crippen LogP contribution is -2.31. The molecule has 1 aliphatic rings. The monoisotopic (exact) mass is 410 g/mol. The van der Waals surface area contributed by atoms with E-state index in [4.69, 9.17) is 0 Å². The standard InChI is InChI=1S/C18H20F2N4O3S/c1-2-18(25)24-8-7-13(11-24)22-17-6-4-14(10-21-17)28(26,27)23-12-3-5-15(19)16(20)9-12/h3-6,9-10,13,23H,2,7-8,11H2,1H3,(H,21,22). The van der Waals surface area contributed by atoms with Crippen LogP contribution in [0.25, 0.3) is 0 Å². The van der Waals surface area contributed by atoms with E-state index in [1.54, 1.807) is 4.90 Å². The number of rotatable bonds is 6. The Morgan fingerprint density at radius 1 is 1.25 bits per heavy atom. The fourth-order valence-corrected chi connectivity index (χ4v) is 3.93. The Hall–Kier alpha value is -2.75. The molecule has 1 aromatic heterocycles. The molecule has 150 valence electrons. The summed E-state index contributed by atoms with van der Waals surface area (Å²) in [5.41, 5.74) is -0.0901. The first-order valence-electron chi connectivity index (χ1n) is 8.76. The topological polar surface area (TPSA) is 91.4 Å². The van der Waals surface area contributed by atoms with Gasteiger partial charge in [-0.2, -0.15) is 0 Å². The summed E-state index contributed by atoms with van der Waals surface area (Å²) in [7, 11) is -3.99. The molecular formula is C18H20F2N4O3S. The Labute approximate surface area is 161 Å². The highest BCUT2D eigenvalue weighted by molar-refractivity contribution is 7.92. The third-order valence-corrected chi connectivity index (χ3v) is 5.78. The van der Waals surface area contributed by atoms with Gasteiger partial charge in [-0.3, -0.25) is 9.52 Å². The van der Waals surface area contributed by atoms with Gasteiger partial charge in [-0.05, 0) is 30.7 Å². The molecule has 3 rings (SSSR count). The second kappa shape index (κ2) is 8.09. The average molecular weight is 410 g/mol. The molecule has 7 nitrogen and oxygen atoms in total. The van der Waals surface area contributed by atoms with Gasteiger partial charge in [0.2, 0.25) is 5.91 Å². The van der Waals surface area contributed by atoms with Crippen molar-refractivity contribution in [1.82, 2.24) is 9.88 Å². The first kappa shape index (κ1) is 20.0. The summed E-state index contributed by atoms with van der Waals surface area (Å²) in [4.78, 5) is 17.5. The van der Waals surface area contributed by atoms with E-state index in [9.17, 15) is 22.0 Å². The number of hydrogen-bond donors (Lipinski definition) is 2. The van der Waals surface area contributed by atoms with Crippen molar-refractivity contribution < 1.29 is 22.0 Å². The van der Waals surface area contributed by atoms with Crippen molar-refractivity contribution in [2.24, 2.45) is 0 Å². The van der Waals surface area contributed by atoms with E-state index in [-0.39, 0.29) is 22.5 Å². The number of benzene rings is 1. The van der Waals surface area contributed by atoms with E-state index in [0.29, 0.717) is 25.3 Å². The van der Waals surface area contributed by atoms with Crippen molar-refractivity contribution in [2.75, 3.05) is 23.1 Å². The van der Waals surface area contributed by atoms with Crippen LogP contribution in [0.5, 0.6) is 0 Å². The minimum absolute atomic E-state index is 0.0470. The van der Waals surface area contributed by atoms with Crippen molar-refractivity contribution in [3.63, 3.8) is 0 Å². The Morgan fingerprint density at radius 3 is 2.68 bits per heavy atom. The number of nitrogens with zero attached hydrogens (tertiary/aromatic N) is 2. The van der Waals surface area contributed by atoms with Crippen molar-refractivity contribution >= 4 is 27.4 Å². The second-order valence-electron chi connectivity index (χ2n) is 6.44. The highest BCUT2D eigenvalue weighted by Gasteiger charge is 2.25. The normalized spacial score (nSPS) is 16.8. The molecule has 2 N–H and O–H groups in total. The molecule has 10 heteroatoms. The highest BCUT2D eigenvalue weighted by atomic mass is 32.2. The van der Waals surface area contributed by atoms with Crippen LogP contribution in [0.2, 0.25) is 0 Å². The SMILES string of the molecule is CCC(=O)N1CCC(Nc2ccc(S(=O)(=O)Nc3ccc(F)c(F)c3)cn2)C1. The van der Waals surface area contributed by atoms with Gasteiger partial charge < -0.3 is 10.2 Å². The predicted octanol–water partition coefficient (Wildman–Crippen LogP) is 2.58. The number of anilines is 2. The van der Waals surface area contributed by atoms with Crippen molar-refractivity contribution in [1.29, 1.82) is 0 Å². The van der Waals surface area contributed by atoms with Crippen molar-refractivity contribution in [3.8, 4) is 0 Å². The average Bonchev–Trinajstić information content (AvgIpc) is 3.13. The summed E-state index contributed by atoms with van der Waals surface area (Å²) in [6.45, 7) is 3.07. The molecule has 0 spiro atoms. The van der Waals surface area contributed by atoms with E-state index in [0.717, 1.165) is 24.6 Å². The minimum atomic E-state index is -3.99. The first-order valence-corrected chi connectivity index (χ1v) is 10.2. The molecule has 2 heterocycles. The number of nitrogens with one attached hydrogen (secondary N) is 2. The number of aromatic nitrogens is 1. The summed E-state index contributed by atoms with van der Waals surface area (Å²) in [6, 6.07) is 5.66. The van der Waals surface area contributed by atoms with Gasteiger partial charge in [0.1, 0.15) is 10.7 Å². The van der Waals surface area contributed by atoms with Gasteiger partial charge in [0.15, 0.2) is 11.6 Å². The molecule has 0 bridgehead atoms. The lowest BCUT2D eigenvalue weighted by molar-refractivity contribution is -0.129. The van der Waals surface area contributed by atoms with Gasteiger partial charge in [-0.25, -0.2) is 22.2 Å². The molecule has 1 aromatic carbocycles. The number of likely N-dealkylation sites (tertiary alicyclic amines) is 1. The lowest BCUT2D eigenvalue weighted by Gasteiger charge is -2.16. The van der Waals surface area contributed by atoms with Crippen molar-refractivity contribution in [3.05, 3.63) is 48.2 Å². The highest BCUT2D eigenvalue weighted by Crippen LogP contribution is 2.20. The van der Waals surface area contributed by atoms with Gasteiger partial charge in [0.05, 0.1) is 5.69 Å². The van der Waals surface area contributed by atoms with Crippen LogP contribution >= 0.6 is 0 Å². The van der Waals surface area contributed by atoms with E-state index >= 15 is 0 Å². The molecule has 0 saturated carbocycles. The summed E-state index contributed by atoms with van der Waals surface area (Å²) >= 11 is 0. The van der Waals surface area contributed by atoms with Crippen LogP contribution in [0.15, 0.2) is 41.4 Å². The number of sulfonamides is 1. The molecule has 1 aliphatic heterocycles. The number of pyridine rings is 1. The van der Waals surface area contributed by atoms with E-state index < -0.39 is 21.7 Å². The smallest absolute Gasteiger partial charge is 0.263 e. The molecule has 1 fully saturated rings. The molecule has 0 radical (unpaired) electrons. The second-order valence-corrected chi connectivity index (χ2v) is 8.12. The molecule has 1 saturated heterocycles. The number of amides is 1.